The maximum atomic E-state index is 11.0. The predicted octanol–water partition coefficient (Wildman–Crippen LogP) is 1.58. The van der Waals surface area contributed by atoms with E-state index in [9.17, 15) is 4.79 Å². The topological polar surface area (TPSA) is 40.5 Å². The zero-order valence-corrected chi connectivity index (χ0v) is 8.78. The number of carboxylic acids is 1. The van der Waals surface area contributed by atoms with Gasteiger partial charge in [0.05, 0.1) is 5.92 Å². The Morgan fingerprint density at radius 1 is 1.36 bits per heavy atom. The zero-order valence-electron chi connectivity index (χ0n) is 8.78. The highest BCUT2D eigenvalue weighted by molar-refractivity contribution is 5.71. The lowest BCUT2D eigenvalue weighted by Gasteiger charge is -2.27. The van der Waals surface area contributed by atoms with Crippen LogP contribution >= 0.6 is 0 Å². The van der Waals surface area contributed by atoms with E-state index >= 15 is 0 Å². The summed E-state index contributed by atoms with van der Waals surface area (Å²) in [6.45, 7) is 1.11. The Kier molecular flexibility index (Phi) is 2.77. The second-order valence-corrected chi connectivity index (χ2v) is 4.83. The van der Waals surface area contributed by atoms with Crippen LogP contribution in [0, 0.1) is 11.8 Å². The number of rotatable bonds is 4. The Bertz CT molecular complexity index is 225. The minimum Gasteiger partial charge on any atom is -0.481 e. The number of hydrogen-bond acceptors (Lipinski definition) is 2. The normalized spacial score (nSPS) is 32.4. The van der Waals surface area contributed by atoms with Gasteiger partial charge in [-0.15, -0.1) is 0 Å². The molecule has 0 radical (unpaired) electrons. The highest BCUT2D eigenvalue weighted by atomic mass is 16.4. The van der Waals surface area contributed by atoms with Crippen LogP contribution < -0.4 is 0 Å². The largest absolute Gasteiger partial charge is 0.481 e. The number of carboxylic acid groups (broad SMARTS) is 1. The van der Waals surface area contributed by atoms with Crippen LogP contribution in [0.1, 0.15) is 32.1 Å². The third-order valence-electron chi connectivity index (χ3n) is 3.61. The van der Waals surface area contributed by atoms with Crippen molar-refractivity contribution >= 4 is 5.97 Å². The van der Waals surface area contributed by atoms with Crippen molar-refractivity contribution in [2.24, 2.45) is 11.8 Å². The molecule has 0 saturated heterocycles. The molecule has 80 valence electrons. The first kappa shape index (κ1) is 9.97. The predicted molar refractivity (Wildman–Crippen MR) is 54.1 cm³/mol. The zero-order chi connectivity index (χ0) is 10.1. The molecule has 0 amide bonds. The van der Waals surface area contributed by atoms with Crippen LogP contribution in [0.5, 0.6) is 0 Å². The van der Waals surface area contributed by atoms with E-state index in [1.165, 1.54) is 12.8 Å². The lowest BCUT2D eigenvalue weighted by molar-refractivity contribution is -0.143. The van der Waals surface area contributed by atoms with Gasteiger partial charge in [-0.25, -0.2) is 0 Å². The summed E-state index contributed by atoms with van der Waals surface area (Å²) >= 11 is 0. The highest BCUT2D eigenvalue weighted by Gasteiger charge is 2.37. The molecule has 0 aromatic heterocycles. The van der Waals surface area contributed by atoms with Crippen LogP contribution in [-0.4, -0.2) is 35.6 Å². The van der Waals surface area contributed by atoms with Crippen molar-refractivity contribution in [3.63, 3.8) is 0 Å². The van der Waals surface area contributed by atoms with Gasteiger partial charge in [0, 0.05) is 12.6 Å². The first-order valence-corrected chi connectivity index (χ1v) is 5.61. The van der Waals surface area contributed by atoms with E-state index in [4.69, 9.17) is 5.11 Å². The van der Waals surface area contributed by atoms with Gasteiger partial charge in [0.15, 0.2) is 0 Å². The molecule has 0 heterocycles. The average Bonchev–Trinajstić information content (AvgIpc) is 2.81. The minimum atomic E-state index is -0.602. The van der Waals surface area contributed by atoms with Crippen LogP contribution in [0.2, 0.25) is 0 Å². The van der Waals surface area contributed by atoms with Crippen molar-refractivity contribution < 1.29 is 9.90 Å². The number of carbonyl (C=O) groups is 1. The van der Waals surface area contributed by atoms with Crippen molar-refractivity contribution in [1.29, 1.82) is 0 Å². The Morgan fingerprint density at radius 3 is 2.64 bits per heavy atom. The molecule has 2 saturated carbocycles. The molecule has 2 atom stereocenters. The van der Waals surface area contributed by atoms with Gasteiger partial charge in [-0.05, 0) is 38.6 Å². The van der Waals surface area contributed by atoms with Gasteiger partial charge in [-0.1, -0.05) is 6.42 Å². The molecule has 2 fully saturated rings. The fourth-order valence-corrected chi connectivity index (χ4v) is 2.60. The monoisotopic (exact) mass is 197 g/mol. The number of hydrogen-bond donors (Lipinski definition) is 1. The van der Waals surface area contributed by atoms with Crippen LogP contribution in [0.4, 0.5) is 0 Å². The van der Waals surface area contributed by atoms with Crippen LogP contribution in [0.3, 0.4) is 0 Å². The number of aliphatic carboxylic acids is 1. The van der Waals surface area contributed by atoms with Crippen molar-refractivity contribution in [1.82, 2.24) is 4.90 Å². The molecule has 0 aliphatic heterocycles. The summed E-state index contributed by atoms with van der Waals surface area (Å²) in [5, 5.41) is 9.06. The Balaban J connectivity index is 1.90. The van der Waals surface area contributed by atoms with E-state index in [0.29, 0.717) is 6.04 Å². The van der Waals surface area contributed by atoms with Crippen molar-refractivity contribution in [2.45, 2.75) is 38.1 Å². The maximum Gasteiger partial charge on any atom is 0.308 e. The minimum absolute atomic E-state index is 0.112. The maximum absolute atomic E-state index is 11.0. The molecule has 2 aliphatic rings. The number of nitrogens with zero attached hydrogens (tertiary/aromatic N) is 1. The Hall–Kier alpha value is -0.570. The van der Waals surface area contributed by atoms with E-state index in [-0.39, 0.29) is 5.92 Å². The van der Waals surface area contributed by atoms with Crippen molar-refractivity contribution in [3.05, 3.63) is 0 Å². The molecular weight excluding hydrogens is 178 g/mol. The third kappa shape index (κ3) is 2.08. The molecule has 0 bridgehead atoms. The summed E-state index contributed by atoms with van der Waals surface area (Å²) in [5.41, 5.74) is 0. The van der Waals surface area contributed by atoms with Gasteiger partial charge in [0.25, 0.3) is 0 Å². The molecular formula is C11H19NO2. The van der Waals surface area contributed by atoms with Gasteiger partial charge in [-0.2, -0.15) is 0 Å². The first-order valence-electron chi connectivity index (χ1n) is 5.61. The van der Waals surface area contributed by atoms with E-state index in [2.05, 4.69) is 11.9 Å². The summed E-state index contributed by atoms with van der Waals surface area (Å²) in [7, 11) is 2.09. The van der Waals surface area contributed by atoms with Crippen molar-refractivity contribution in [2.75, 3.05) is 13.6 Å². The first-order chi connectivity index (χ1) is 6.68. The fraction of sp³-hybridized carbons (Fsp3) is 0.909. The Labute approximate surface area is 85.1 Å². The van der Waals surface area contributed by atoms with Crippen LogP contribution in [-0.2, 0) is 4.79 Å². The Morgan fingerprint density at radius 2 is 2.07 bits per heavy atom. The van der Waals surface area contributed by atoms with Gasteiger partial charge in [-0.3, -0.25) is 4.79 Å². The van der Waals surface area contributed by atoms with Gasteiger partial charge < -0.3 is 10.0 Å². The lowest BCUT2D eigenvalue weighted by Crippen LogP contribution is -2.39. The summed E-state index contributed by atoms with van der Waals surface area (Å²) in [6.07, 6.45) is 5.70. The smallest absolute Gasteiger partial charge is 0.308 e. The summed E-state index contributed by atoms with van der Waals surface area (Å²) in [5.74, 6) is 0.143. The second-order valence-electron chi connectivity index (χ2n) is 4.83. The molecule has 2 rings (SSSR count). The molecule has 14 heavy (non-hydrogen) atoms. The SMILES string of the molecule is CN(CC1CC1)C1CCCC1C(=O)O. The van der Waals surface area contributed by atoms with E-state index in [0.717, 1.165) is 31.7 Å². The van der Waals surface area contributed by atoms with Gasteiger partial charge in [0.2, 0.25) is 0 Å². The summed E-state index contributed by atoms with van der Waals surface area (Å²) in [6, 6.07) is 0.299. The fourth-order valence-electron chi connectivity index (χ4n) is 2.60. The molecule has 3 heteroatoms. The second kappa shape index (κ2) is 3.89. The lowest BCUT2D eigenvalue weighted by atomic mass is 10.0. The highest BCUT2D eigenvalue weighted by Crippen LogP contribution is 2.34. The quantitative estimate of drug-likeness (QED) is 0.744. The third-order valence-corrected chi connectivity index (χ3v) is 3.61. The molecule has 1 N–H and O–H groups in total. The molecule has 2 unspecified atom stereocenters. The summed E-state index contributed by atoms with van der Waals surface area (Å²) in [4.78, 5) is 13.3. The van der Waals surface area contributed by atoms with Gasteiger partial charge in [0.1, 0.15) is 0 Å². The van der Waals surface area contributed by atoms with E-state index < -0.39 is 5.97 Å². The van der Waals surface area contributed by atoms with Crippen LogP contribution in [0.25, 0.3) is 0 Å². The van der Waals surface area contributed by atoms with Gasteiger partial charge >= 0.3 is 5.97 Å². The molecule has 2 aliphatic carbocycles. The van der Waals surface area contributed by atoms with Crippen molar-refractivity contribution in [3.8, 4) is 0 Å². The standard InChI is InChI=1S/C11H19NO2/c1-12(7-8-5-6-8)10-4-2-3-9(10)11(13)14/h8-10H,2-7H2,1H3,(H,13,14). The molecule has 0 spiro atoms. The molecule has 0 aromatic carbocycles. The average molecular weight is 197 g/mol. The molecule has 3 nitrogen and oxygen atoms in total. The summed E-state index contributed by atoms with van der Waals surface area (Å²) < 4.78 is 0. The van der Waals surface area contributed by atoms with E-state index in [1.807, 2.05) is 0 Å². The van der Waals surface area contributed by atoms with Crippen LogP contribution in [0.15, 0.2) is 0 Å². The molecule has 0 aromatic rings. The van der Waals surface area contributed by atoms with E-state index in [1.54, 1.807) is 0 Å².